The Labute approximate surface area is 107 Å². The van der Waals surface area contributed by atoms with Gasteiger partial charge in [-0.3, -0.25) is 4.79 Å². The van der Waals surface area contributed by atoms with Crippen LogP contribution in [0.3, 0.4) is 0 Å². The molecule has 1 unspecified atom stereocenters. The summed E-state index contributed by atoms with van der Waals surface area (Å²) in [6, 6.07) is 7.23. The molecule has 94 valence electrons. The summed E-state index contributed by atoms with van der Waals surface area (Å²) < 4.78 is 5.40. The first-order valence-electron chi connectivity index (χ1n) is 5.54. The molecule has 1 aliphatic rings. The number of amides is 1. The number of nitrogens with two attached hydrogens (primary N) is 1. The van der Waals surface area contributed by atoms with Gasteiger partial charge in [0.15, 0.2) is 0 Å². The van der Waals surface area contributed by atoms with Crippen LogP contribution in [0.25, 0.3) is 0 Å². The first kappa shape index (κ1) is 13.8. The van der Waals surface area contributed by atoms with E-state index in [1.165, 1.54) is 0 Å². The maximum absolute atomic E-state index is 11.8. The molecule has 4 nitrogen and oxygen atoms in total. The number of ether oxygens (including phenoxy) is 1. The smallest absolute Gasteiger partial charge is 0.253 e. The maximum Gasteiger partial charge on any atom is 0.253 e. The Morgan fingerprint density at radius 3 is 2.76 bits per heavy atom. The molecule has 1 aromatic rings. The number of para-hydroxylation sites is 2. The van der Waals surface area contributed by atoms with E-state index < -0.39 is 0 Å². The van der Waals surface area contributed by atoms with Gasteiger partial charge in [-0.15, -0.1) is 12.4 Å². The molecule has 5 heteroatoms. The van der Waals surface area contributed by atoms with Crippen molar-refractivity contribution in [2.24, 2.45) is 0 Å². The zero-order valence-electron chi connectivity index (χ0n) is 9.52. The second-order valence-corrected chi connectivity index (χ2v) is 3.93. The van der Waals surface area contributed by atoms with E-state index in [2.05, 4.69) is 5.32 Å². The van der Waals surface area contributed by atoms with Crippen LogP contribution >= 0.6 is 12.4 Å². The molecule has 2 rings (SSSR count). The van der Waals surface area contributed by atoms with Crippen molar-refractivity contribution in [3.05, 3.63) is 24.3 Å². The number of carbonyl (C=O) groups excluding carboxylic acids is 1. The Morgan fingerprint density at radius 1 is 1.35 bits per heavy atom. The minimum atomic E-state index is -0.326. The van der Waals surface area contributed by atoms with Gasteiger partial charge < -0.3 is 15.8 Å². The minimum absolute atomic E-state index is 0. The fourth-order valence-electron chi connectivity index (χ4n) is 1.77. The van der Waals surface area contributed by atoms with Gasteiger partial charge in [0.1, 0.15) is 6.10 Å². The summed E-state index contributed by atoms with van der Waals surface area (Å²) in [5.74, 6) is -0.0994. The zero-order chi connectivity index (χ0) is 11.4. The van der Waals surface area contributed by atoms with Gasteiger partial charge in [0.25, 0.3) is 5.91 Å². The standard InChI is InChI=1S/C12H16N2O2.ClH/c13-9-5-1-2-6-10(9)14-12(15)11-7-3-4-8-16-11;/h1-2,5-6,11H,3-4,7-8,13H2,(H,14,15);1H. The molecule has 17 heavy (non-hydrogen) atoms. The monoisotopic (exact) mass is 256 g/mol. The van der Waals surface area contributed by atoms with Crippen LogP contribution in [0, 0.1) is 0 Å². The number of benzene rings is 1. The molecule has 1 aliphatic heterocycles. The van der Waals surface area contributed by atoms with Gasteiger partial charge in [-0.2, -0.15) is 0 Å². The van der Waals surface area contributed by atoms with E-state index in [0.717, 1.165) is 19.3 Å². The minimum Gasteiger partial charge on any atom is -0.397 e. The van der Waals surface area contributed by atoms with Crippen molar-refractivity contribution in [2.75, 3.05) is 17.7 Å². The molecule has 1 atom stereocenters. The molecule has 3 N–H and O–H groups in total. The Bertz CT molecular complexity index is 379. The summed E-state index contributed by atoms with van der Waals surface area (Å²) in [6.07, 6.45) is 2.55. The van der Waals surface area contributed by atoms with E-state index in [0.29, 0.717) is 18.0 Å². The highest BCUT2D eigenvalue weighted by Crippen LogP contribution is 2.19. The molecule has 1 aromatic carbocycles. The number of carbonyl (C=O) groups is 1. The lowest BCUT2D eigenvalue weighted by atomic mass is 10.1. The number of rotatable bonds is 2. The van der Waals surface area contributed by atoms with Gasteiger partial charge in [0.05, 0.1) is 11.4 Å². The van der Waals surface area contributed by atoms with Crippen molar-refractivity contribution in [1.82, 2.24) is 0 Å². The molecule has 1 amide bonds. The fourth-order valence-corrected chi connectivity index (χ4v) is 1.77. The van der Waals surface area contributed by atoms with Crippen molar-refractivity contribution in [1.29, 1.82) is 0 Å². The number of halogens is 1. The van der Waals surface area contributed by atoms with Gasteiger partial charge in [0, 0.05) is 6.61 Å². The Hall–Kier alpha value is -1.26. The SMILES string of the molecule is Cl.Nc1ccccc1NC(=O)C1CCCCO1. The molecule has 0 saturated carbocycles. The van der Waals surface area contributed by atoms with Crippen LogP contribution in [-0.4, -0.2) is 18.6 Å². The second kappa shape index (κ2) is 6.47. The maximum atomic E-state index is 11.8. The lowest BCUT2D eigenvalue weighted by molar-refractivity contribution is -0.129. The highest BCUT2D eigenvalue weighted by molar-refractivity contribution is 5.96. The van der Waals surface area contributed by atoms with Crippen LogP contribution in [0.5, 0.6) is 0 Å². The van der Waals surface area contributed by atoms with Crippen LogP contribution in [0.4, 0.5) is 11.4 Å². The summed E-state index contributed by atoms with van der Waals surface area (Å²) in [7, 11) is 0. The summed E-state index contributed by atoms with van der Waals surface area (Å²) in [4.78, 5) is 11.8. The number of nitrogen functional groups attached to an aromatic ring is 1. The number of nitrogens with one attached hydrogen (secondary N) is 1. The van der Waals surface area contributed by atoms with E-state index >= 15 is 0 Å². The number of hydrogen-bond donors (Lipinski definition) is 2. The Morgan fingerprint density at radius 2 is 2.12 bits per heavy atom. The first-order valence-corrected chi connectivity index (χ1v) is 5.54. The van der Waals surface area contributed by atoms with E-state index in [4.69, 9.17) is 10.5 Å². The molecule has 1 fully saturated rings. The summed E-state index contributed by atoms with van der Waals surface area (Å²) in [5, 5.41) is 2.79. The quantitative estimate of drug-likeness (QED) is 0.798. The largest absolute Gasteiger partial charge is 0.397 e. The average Bonchev–Trinajstić information content (AvgIpc) is 2.33. The number of anilines is 2. The number of hydrogen-bond acceptors (Lipinski definition) is 3. The van der Waals surface area contributed by atoms with Crippen LogP contribution in [0.2, 0.25) is 0 Å². The van der Waals surface area contributed by atoms with Crippen LogP contribution in [0.15, 0.2) is 24.3 Å². The van der Waals surface area contributed by atoms with Crippen molar-refractivity contribution in [3.63, 3.8) is 0 Å². The molecule has 0 aromatic heterocycles. The molecular formula is C12H17ClN2O2. The second-order valence-electron chi connectivity index (χ2n) is 3.93. The third-order valence-electron chi connectivity index (χ3n) is 2.69. The van der Waals surface area contributed by atoms with Gasteiger partial charge >= 0.3 is 0 Å². The first-order chi connectivity index (χ1) is 7.77. The summed E-state index contributed by atoms with van der Waals surface area (Å²) in [6.45, 7) is 0.669. The van der Waals surface area contributed by atoms with Crippen molar-refractivity contribution in [3.8, 4) is 0 Å². The highest BCUT2D eigenvalue weighted by Gasteiger charge is 2.22. The molecular weight excluding hydrogens is 240 g/mol. The zero-order valence-corrected chi connectivity index (χ0v) is 10.3. The van der Waals surface area contributed by atoms with Crippen LogP contribution in [-0.2, 0) is 9.53 Å². The van der Waals surface area contributed by atoms with E-state index in [1.807, 2.05) is 12.1 Å². The Balaban J connectivity index is 0.00000144. The summed E-state index contributed by atoms with van der Waals surface area (Å²) >= 11 is 0. The van der Waals surface area contributed by atoms with E-state index in [1.54, 1.807) is 12.1 Å². The Kier molecular flexibility index (Phi) is 5.25. The lowest BCUT2D eigenvalue weighted by Gasteiger charge is -2.21. The lowest BCUT2D eigenvalue weighted by Crippen LogP contribution is -2.33. The van der Waals surface area contributed by atoms with Crippen molar-refractivity contribution < 1.29 is 9.53 Å². The molecule has 0 radical (unpaired) electrons. The van der Waals surface area contributed by atoms with Gasteiger partial charge in [-0.1, -0.05) is 12.1 Å². The van der Waals surface area contributed by atoms with Crippen molar-refractivity contribution in [2.45, 2.75) is 25.4 Å². The van der Waals surface area contributed by atoms with Crippen LogP contribution in [0.1, 0.15) is 19.3 Å². The van der Waals surface area contributed by atoms with Gasteiger partial charge in [-0.25, -0.2) is 0 Å². The fraction of sp³-hybridized carbons (Fsp3) is 0.417. The van der Waals surface area contributed by atoms with E-state index in [-0.39, 0.29) is 24.4 Å². The van der Waals surface area contributed by atoms with Gasteiger partial charge in [-0.05, 0) is 31.4 Å². The molecule has 0 spiro atoms. The predicted octanol–water partition coefficient (Wildman–Crippen LogP) is 2.20. The molecule has 1 saturated heterocycles. The summed E-state index contributed by atoms with van der Waals surface area (Å²) in [5.41, 5.74) is 6.97. The van der Waals surface area contributed by atoms with Crippen molar-refractivity contribution >= 4 is 29.7 Å². The molecule has 0 aliphatic carbocycles. The molecule has 1 heterocycles. The van der Waals surface area contributed by atoms with Crippen LogP contribution < -0.4 is 11.1 Å². The third kappa shape index (κ3) is 3.61. The highest BCUT2D eigenvalue weighted by atomic mass is 35.5. The predicted molar refractivity (Wildman–Crippen MR) is 70.3 cm³/mol. The van der Waals surface area contributed by atoms with E-state index in [9.17, 15) is 4.79 Å². The third-order valence-corrected chi connectivity index (χ3v) is 2.69. The topological polar surface area (TPSA) is 64.3 Å². The van der Waals surface area contributed by atoms with Gasteiger partial charge in [0.2, 0.25) is 0 Å². The normalized spacial score (nSPS) is 19.2. The molecule has 0 bridgehead atoms. The average molecular weight is 257 g/mol.